The summed E-state index contributed by atoms with van der Waals surface area (Å²) in [5, 5.41) is 8.56. The highest BCUT2D eigenvalue weighted by molar-refractivity contribution is 6.25. The van der Waals surface area contributed by atoms with Crippen LogP contribution in [0.1, 0.15) is 52.8 Å². The van der Waals surface area contributed by atoms with Gasteiger partial charge in [0.2, 0.25) is 0 Å². The van der Waals surface area contributed by atoms with Gasteiger partial charge < -0.3 is 16.4 Å². The van der Waals surface area contributed by atoms with Crippen molar-refractivity contribution in [1.82, 2.24) is 15.5 Å². The number of hydrogen-bond acceptors (Lipinski definition) is 5. The normalized spacial score (nSPS) is 12.2. The molecule has 9 heteroatoms. The van der Waals surface area contributed by atoms with E-state index in [-0.39, 0.29) is 49.0 Å². The average molecular weight is 506 g/mol. The van der Waals surface area contributed by atoms with E-state index in [4.69, 9.17) is 5.73 Å². The molecule has 0 saturated carbocycles. The molecule has 2 aromatic rings. The van der Waals surface area contributed by atoms with Crippen LogP contribution in [0, 0.1) is 0 Å². The van der Waals surface area contributed by atoms with Gasteiger partial charge >= 0.3 is 0 Å². The zero-order valence-electron chi connectivity index (χ0n) is 18.3. The molecule has 0 aliphatic carbocycles. The number of hydrogen-bond donors (Lipinski definition) is 3. The first-order valence-corrected chi connectivity index (χ1v) is 10.7. The molecule has 32 heavy (non-hydrogen) atoms. The number of nitrogens with two attached hydrogens (primary N) is 1. The fraction of sp³-hybridized carbons (Fsp3) is 0.478. The van der Waals surface area contributed by atoms with Crippen molar-refractivity contribution < 1.29 is 9.59 Å². The largest absolute Gasteiger partial charge is 0.330 e. The molecule has 4 N–H and O–H groups in total. The third kappa shape index (κ3) is 7.87. The number of carbonyl (C=O) groups excluding carboxylic acids is 2. The second kappa shape index (κ2) is 16.2. The summed E-state index contributed by atoms with van der Waals surface area (Å²) >= 11 is 0. The number of halogens is 3. The number of rotatable bonds is 13. The molecule has 0 spiro atoms. The molecule has 3 rings (SSSR count). The van der Waals surface area contributed by atoms with E-state index >= 15 is 0 Å². The van der Waals surface area contributed by atoms with Crippen LogP contribution >= 0.6 is 37.2 Å². The Kier molecular flexibility index (Phi) is 15.5. The van der Waals surface area contributed by atoms with E-state index in [9.17, 15) is 9.59 Å². The molecule has 0 bridgehead atoms. The first-order chi connectivity index (χ1) is 14.2. The molecule has 0 unspecified atom stereocenters. The van der Waals surface area contributed by atoms with Crippen LogP contribution in [0.5, 0.6) is 0 Å². The minimum Gasteiger partial charge on any atom is -0.330 e. The third-order valence-electron chi connectivity index (χ3n) is 5.36. The Labute approximate surface area is 209 Å². The number of nitrogens with zero attached hydrogens (tertiary/aromatic N) is 1. The number of imide groups is 1. The summed E-state index contributed by atoms with van der Waals surface area (Å²) in [4.78, 5) is 27.1. The van der Waals surface area contributed by atoms with E-state index in [0.717, 1.165) is 75.6 Å². The van der Waals surface area contributed by atoms with Crippen LogP contribution in [0.2, 0.25) is 0 Å². The molecule has 2 amide bonds. The van der Waals surface area contributed by atoms with Gasteiger partial charge in [-0.3, -0.25) is 14.5 Å². The Hall–Kier alpha value is -1.41. The van der Waals surface area contributed by atoms with Crippen molar-refractivity contribution in [1.29, 1.82) is 0 Å². The summed E-state index contributed by atoms with van der Waals surface area (Å²) in [6.07, 6.45) is 5.07. The Morgan fingerprint density at radius 3 is 1.66 bits per heavy atom. The summed E-state index contributed by atoms with van der Waals surface area (Å²) < 4.78 is 0. The maximum absolute atomic E-state index is 12.8. The summed E-state index contributed by atoms with van der Waals surface area (Å²) in [5.41, 5.74) is 6.73. The van der Waals surface area contributed by atoms with Crippen molar-refractivity contribution in [2.45, 2.75) is 32.1 Å². The van der Waals surface area contributed by atoms with E-state index in [0.29, 0.717) is 17.7 Å². The maximum Gasteiger partial charge on any atom is 0.261 e. The number of amides is 2. The van der Waals surface area contributed by atoms with E-state index < -0.39 is 0 Å². The Morgan fingerprint density at radius 1 is 0.688 bits per heavy atom. The maximum atomic E-state index is 12.8. The first-order valence-electron chi connectivity index (χ1n) is 10.7. The monoisotopic (exact) mass is 504 g/mol. The molecule has 0 radical (unpaired) electrons. The second-order valence-electron chi connectivity index (χ2n) is 7.53. The van der Waals surface area contributed by atoms with Crippen LogP contribution in [-0.4, -0.2) is 56.0 Å². The van der Waals surface area contributed by atoms with Crippen LogP contribution in [-0.2, 0) is 0 Å². The lowest BCUT2D eigenvalue weighted by atomic mass is 9.94. The van der Waals surface area contributed by atoms with Gasteiger partial charge in [-0.25, -0.2) is 0 Å². The molecule has 0 aromatic heterocycles. The molecule has 6 nitrogen and oxygen atoms in total. The summed E-state index contributed by atoms with van der Waals surface area (Å²) in [6.45, 7) is 5.14. The van der Waals surface area contributed by atoms with Crippen LogP contribution < -0.4 is 16.4 Å². The highest BCUT2D eigenvalue weighted by Gasteiger charge is 2.31. The van der Waals surface area contributed by atoms with Crippen molar-refractivity contribution in [3.8, 4) is 0 Å². The average Bonchev–Trinajstić information content (AvgIpc) is 2.74. The zero-order valence-corrected chi connectivity index (χ0v) is 20.8. The molecule has 1 aliphatic heterocycles. The van der Waals surface area contributed by atoms with Crippen molar-refractivity contribution >= 4 is 59.8 Å². The summed E-state index contributed by atoms with van der Waals surface area (Å²) in [7, 11) is 0. The predicted molar refractivity (Wildman–Crippen MR) is 139 cm³/mol. The number of nitrogens with one attached hydrogen (secondary N) is 2. The standard InChI is InChI=1S/C23H32N4O2.3ClH/c24-12-7-16-26-14-2-1-13-25-15-3-4-17-27-22(28)19-10-5-8-18-9-6-11-20(21(18)19)23(27)29;;;/h5-6,8-11,25-26H,1-4,7,12-17,24H2;3*1H. The lowest BCUT2D eigenvalue weighted by Crippen LogP contribution is -2.41. The van der Waals surface area contributed by atoms with Gasteiger partial charge in [0.1, 0.15) is 0 Å². The SMILES string of the molecule is Cl.Cl.Cl.NCCCNCCCCNCCCCN1C(=O)c2cccc3cccc(c23)C1=O. The van der Waals surface area contributed by atoms with Gasteiger partial charge in [-0.2, -0.15) is 0 Å². The molecule has 1 aliphatic rings. The minimum absolute atomic E-state index is 0. The fourth-order valence-electron chi connectivity index (χ4n) is 3.78. The van der Waals surface area contributed by atoms with Crippen molar-refractivity contribution in [2.24, 2.45) is 5.73 Å². The predicted octanol–water partition coefficient (Wildman–Crippen LogP) is 3.79. The molecule has 0 saturated heterocycles. The molecule has 0 fully saturated rings. The van der Waals surface area contributed by atoms with Gasteiger partial charge in [-0.05, 0) is 82.3 Å². The van der Waals surface area contributed by atoms with Gasteiger partial charge in [0, 0.05) is 23.1 Å². The van der Waals surface area contributed by atoms with E-state index in [1.54, 1.807) is 0 Å². The Bertz CT molecular complexity index is 800. The first kappa shape index (κ1) is 30.6. The van der Waals surface area contributed by atoms with Crippen LogP contribution in [0.4, 0.5) is 0 Å². The number of benzene rings is 2. The molecular weight excluding hydrogens is 471 g/mol. The number of unbranched alkanes of at least 4 members (excludes halogenated alkanes) is 2. The lowest BCUT2D eigenvalue weighted by Gasteiger charge is -2.27. The topological polar surface area (TPSA) is 87.5 Å². The van der Waals surface area contributed by atoms with Crippen LogP contribution in [0.25, 0.3) is 10.8 Å². The summed E-state index contributed by atoms with van der Waals surface area (Å²) in [6, 6.07) is 11.3. The third-order valence-corrected chi connectivity index (χ3v) is 5.36. The molecular formula is C23H35Cl3N4O2. The number of carbonyl (C=O) groups is 2. The minimum atomic E-state index is -0.172. The van der Waals surface area contributed by atoms with Crippen molar-refractivity contribution in [2.75, 3.05) is 39.3 Å². The van der Waals surface area contributed by atoms with E-state index in [2.05, 4.69) is 10.6 Å². The smallest absolute Gasteiger partial charge is 0.261 e. The van der Waals surface area contributed by atoms with Gasteiger partial charge in [0.05, 0.1) is 0 Å². The quantitative estimate of drug-likeness (QED) is 0.285. The van der Waals surface area contributed by atoms with Gasteiger partial charge in [-0.15, -0.1) is 37.2 Å². The van der Waals surface area contributed by atoms with Crippen LogP contribution in [0.3, 0.4) is 0 Å². The zero-order chi connectivity index (χ0) is 20.5. The lowest BCUT2D eigenvalue weighted by molar-refractivity contribution is 0.0608. The van der Waals surface area contributed by atoms with E-state index in [1.165, 1.54) is 4.90 Å². The van der Waals surface area contributed by atoms with Crippen molar-refractivity contribution in [3.63, 3.8) is 0 Å². The van der Waals surface area contributed by atoms with Gasteiger partial charge in [0.15, 0.2) is 0 Å². The highest BCUT2D eigenvalue weighted by atomic mass is 35.5. The molecule has 1 heterocycles. The molecule has 2 aromatic carbocycles. The second-order valence-corrected chi connectivity index (χ2v) is 7.53. The van der Waals surface area contributed by atoms with Gasteiger partial charge in [0.25, 0.3) is 11.8 Å². The van der Waals surface area contributed by atoms with Gasteiger partial charge in [-0.1, -0.05) is 24.3 Å². The van der Waals surface area contributed by atoms with Crippen LogP contribution in [0.15, 0.2) is 36.4 Å². The molecule has 180 valence electrons. The van der Waals surface area contributed by atoms with E-state index in [1.807, 2.05) is 36.4 Å². The van der Waals surface area contributed by atoms with Crippen molar-refractivity contribution in [3.05, 3.63) is 47.5 Å². The Morgan fingerprint density at radius 2 is 1.16 bits per heavy atom. The highest BCUT2D eigenvalue weighted by Crippen LogP contribution is 2.29. The summed E-state index contributed by atoms with van der Waals surface area (Å²) in [5.74, 6) is -0.344. The fourth-order valence-corrected chi connectivity index (χ4v) is 3.78. The molecule has 0 atom stereocenters. The Balaban J connectivity index is 0.00000320.